The first kappa shape index (κ1) is 22.7. The van der Waals surface area contributed by atoms with Crippen molar-refractivity contribution in [2.24, 2.45) is 0 Å². The molecule has 168 valence electrons. The Bertz CT molecular complexity index is 1320. The third-order valence-electron chi connectivity index (χ3n) is 5.29. The standard InChI is InChI=1S/C26H24FN3O2S/c1-18(2)29(16-19-8-4-3-5-9-19)24(31)17-33-26-28-23-11-7-6-10-22(23)25(32)30(26)21-14-12-20(27)13-15-21/h3-15,18H,16-17H2,1-2H3. The van der Waals surface area contributed by atoms with E-state index in [0.29, 0.717) is 28.3 Å². The Balaban J connectivity index is 1.66. The van der Waals surface area contributed by atoms with E-state index in [4.69, 9.17) is 0 Å². The number of para-hydroxylation sites is 1. The van der Waals surface area contributed by atoms with Gasteiger partial charge in [-0.15, -0.1) is 0 Å². The summed E-state index contributed by atoms with van der Waals surface area (Å²) in [7, 11) is 0. The van der Waals surface area contributed by atoms with Gasteiger partial charge in [0.2, 0.25) is 5.91 Å². The predicted octanol–water partition coefficient (Wildman–Crippen LogP) is 5.05. The van der Waals surface area contributed by atoms with Crippen LogP contribution in [0.15, 0.2) is 88.8 Å². The largest absolute Gasteiger partial charge is 0.335 e. The summed E-state index contributed by atoms with van der Waals surface area (Å²) in [6, 6.07) is 22.6. The molecule has 0 atom stereocenters. The zero-order valence-corrected chi connectivity index (χ0v) is 19.3. The van der Waals surface area contributed by atoms with Gasteiger partial charge in [0, 0.05) is 12.6 Å². The highest BCUT2D eigenvalue weighted by Gasteiger charge is 2.20. The number of carbonyl (C=O) groups is 1. The van der Waals surface area contributed by atoms with E-state index in [1.54, 1.807) is 18.2 Å². The lowest BCUT2D eigenvalue weighted by Gasteiger charge is -2.27. The van der Waals surface area contributed by atoms with Crippen molar-refractivity contribution in [3.05, 3.63) is 101 Å². The molecule has 0 fully saturated rings. The molecule has 0 aliphatic rings. The van der Waals surface area contributed by atoms with E-state index in [9.17, 15) is 14.0 Å². The normalized spacial score (nSPS) is 11.2. The van der Waals surface area contributed by atoms with E-state index in [2.05, 4.69) is 4.98 Å². The second kappa shape index (κ2) is 10.0. The van der Waals surface area contributed by atoms with Gasteiger partial charge in [-0.1, -0.05) is 54.2 Å². The van der Waals surface area contributed by atoms with Crippen molar-refractivity contribution in [1.82, 2.24) is 14.5 Å². The van der Waals surface area contributed by atoms with Gasteiger partial charge in [-0.2, -0.15) is 0 Å². The second-order valence-corrected chi connectivity index (χ2v) is 8.86. The van der Waals surface area contributed by atoms with E-state index in [0.717, 1.165) is 5.56 Å². The van der Waals surface area contributed by atoms with Crippen LogP contribution in [0.2, 0.25) is 0 Å². The second-order valence-electron chi connectivity index (χ2n) is 7.92. The van der Waals surface area contributed by atoms with Crippen molar-refractivity contribution < 1.29 is 9.18 Å². The van der Waals surface area contributed by atoms with E-state index in [1.807, 2.05) is 55.1 Å². The summed E-state index contributed by atoms with van der Waals surface area (Å²) in [6.45, 7) is 4.47. The molecular formula is C26H24FN3O2S. The Morgan fingerprint density at radius 1 is 1.00 bits per heavy atom. The molecule has 0 spiro atoms. The fourth-order valence-electron chi connectivity index (χ4n) is 3.58. The lowest BCUT2D eigenvalue weighted by molar-refractivity contribution is -0.130. The molecular weight excluding hydrogens is 437 g/mol. The number of amides is 1. The summed E-state index contributed by atoms with van der Waals surface area (Å²) in [4.78, 5) is 32.9. The topological polar surface area (TPSA) is 55.2 Å². The van der Waals surface area contributed by atoms with Crippen LogP contribution in [0.1, 0.15) is 19.4 Å². The van der Waals surface area contributed by atoms with Crippen molar-refractivity contribution >= 4 is 28.6 Å². The quantitative estimate of drug-likeness (QED) is 0.285. The Morgan fingerprint density at radius 3 is 2.36 bits per heavy atom. The molecule has 7 heteroatoms. The van der Waals surface area contributed by atoms with Gasteiger partial charge >= 0.3 is 0 Å². The molecule has 0 radical (unpaired) electrons. The molecule has 0 unspecified atom stereocenters. The molecule has 4 rings (SSSR count). The number of nitrogens with zero attached hydrogens (tertiary/aromatic N) is 3. The summed E-state index contributed by atoms with van der Waals surface area (Å²) in [5.41, 5.74) is 1.85. The Morgan fingerprint density at radius 2 is 1.67 bits per heavy atom. The minimum Gasteiger partial charge on any atom is -0.335 e. The number of aromatic nitrogens is 2. The minimum atomic E-state index is -0.390. The van der Waals surface area contributed by atoms with Crippen molar-refractivity contribution in [2.45, 2.75) is 31.6 Å². The van der Waals surface area contributed by atoms with Gasteiger partial charge in [-0.3, -0.25) is 14.2 Å². The van der Waals surface area contributed by atoms with Gasteiger partial charge in [0.15, 0.2) is 5.16 Å². The average molecular weight is 462 g/mol. The van der Waals surface area contributed by atoms with Gasteiger partial charge in [0.05, 0.1) is 22.3 Å². The molecule has 0 saturated carbocycles. The Hall–Kier alpha value is -3.45. The molecule has 5 nitrogen and oxygen atoms in total. The first-order valence-corrected chi connectivity index (χ1v) is 11.7. The van der Waals surface area contributed by atoms with Crippen molar-refractivity contribution in [3.8, 4) is 5.69 Å². The molecule has 1 aromatic heterocycles. The maximum absolute atomic E-state index is 13.5. The number of benzene rings is 3. The lowest BCUT2D eigenvalue weighted by atomic mass is 10.2. The van der Waals surface area contributed by atoms with Gasteiger partial charge in [0.1, 0.15) is 5.82 Å². The molecule has 0 saturated heterocycles. The molecule has 0 bridgehead atoms. The van der Waals surface area contributed by atoms with Gasteiger partial charge in [-0.05, 0) is 55.8 Å². The summed E-state index contributed by atoms with van der Waals surface area (Å²) in [5.74, 6) is -0.317. The Kier molecular flexibility index (Phi) is 6.89. The maximum Gasteiger partial charge on any atom is 0.266 e. The molecule has 0 aliphatic carbocycles. The zero-order valence-electron chi connectivity index (χ0n) is 18.4. The molecule has 0 N–H and O–H groups in total. The van der Waals surface area contributed by atoms with Crippen LogP contribution in [0.4, 0.5) is 4.39 Å². The smallest absolute Gasteiger partial charge is 0.266 e. The van der Waals surface area contributed by atoms with Crippen LogP contribution in [-0.4, -0.2) is 32.2 Å². The minimum absolute atomic E-state index is 0.0159. The van der Waals surface area contributed by atoms with E-state index < -0.39 is 5.82 Å². The number of fused-ring (bicyclic) bond motifs is 1. The number of carbonyl (C=O) groups excluding carboxylic acids is 1. The molecule has 1 amide bonds. The first-order chi connectivity index (χ1) is 15.9. The number of hydrogen-bond acceptors (Lipinski definition) is 4. The highest BCUT2D eigenvalue weighted by molar-refractivity contribution is 7.99. The van der Waals surface area contributed by atoms with Crippen LogP contribution in [-0.2, 0) is 11.3 Å². The summed E-state index contributed by atoms with van der Waals surface area (Å²) in [5, 5.41) is 0.854. The number of thioether (sulfide) groups is 1. The number of halogens is 1. The fraction of sp³-hybridized carbons (Fsp3) is 0.192. The number of rotatable bonds is 7. The van der Waals surface area contributed by atoms with Crippen LogP contribution in [0.3, 0.4) is 0 Å². The van der Waals surface area contributed by atoms with Gasteiger partial charge in [-0.25, -0.2) is 9.37 Å². The SMILES string of the molecule is CC(C)N(Cc1ccccc1)C(=O)CSc1nc2ccccc2c(=O)n1-c1ccc(F)cc1. The zero-order chi connectivity index (χ0) is 23.4. The summed E-state index contributed by atoms with van der Waals surface area (Å²) < 4.78 is 14.9. The van der Waals surface area contributed by atoms with Crippen LogP contribution < -0.4 is 5.56 Å². The van der Waals surface area contributed by atoms with Crippen LogP contribution in [0.5, 0.6) is 0 Å². The maximum atomic E-state index is 13.5. The molecule has 4 aromatic rings. The predicted molar refractivity (Wildman–Crippen MR) is 130 cm³/mol. The van der Waals surface area contributed by atoms with Crippen molar-refractivity contribution in [2.75, 3.05) is 5.75 Å². The summed E-state index contributed by atoms with van der Waals surface area (Å²) >= 11 is 1.21. The molecule has 0 aliphatic heterocycles. The average Bonchev–Trinajstić information content (AvgIpc) is 2.82. The molecule has 1 heterocycles. The number of hydrogen-bond donors (Lipinski definition) is 0. The highest BCUT2D eigenvalue weighted by atomic mass is 32.2. The van der Waals surface area contributed by atoms with Crippen LogP contribution in [0, 0.1) is 5.82 Å². The van der Waals surface area contributed by atoms with Crippen molar-refractivity contribution in [3.63, 3.8) is 0 Å². The lowest BCUT2D eigenvalue weighted by Crippen LogP contribution is -2.37. The third kappa shape index (κ3) is 5.14. The highest BCUT2D eigenvalue weighted by Crippen LogP contribution is 2.23. The van der Waals surface area contributed by atoms with E-state index in [-0.39, 0.29) is 23.3 Å². The van der Waals surface area contributed by atoms with Crippen LogP contribution >= 0.6 is 11.8 Å². The van der Waals surface area contributed by atoms with Gasteiger partial charge in [0.25, 0.3) is 5.56 Å². The Labute approximate surface area is 195 Å². The van der Waals surface area contributed by atoms with Crippen molar-refractivity contribution in [1.29, 1.82) is 0 Å². The van der Waals surface area contributed by atoms with E-state index >= 15 is 0 Å². The van der Waals surface area contributed by atoms with Crippen LogP contribution in [0.25, 0.3) is 16.6 Å². The van der Waals surface area contributed by atoms with Gasteiger partial charge < -0.3 is 4.90 Å². The van der Waals surface area contributed by atoms with E-state index in [1.165, 1.54) is 40.6 Å². The first-order valence-electron chi connectivity index (χ1n) is 10.7. The summed E-state index contributed by atoms with van der Waals surface area (Å²) in [6.07, 6.45) is 0. The third-order valence-corrected chi connectivity index (χ3v) is 6.22. The molecule has 3 aromatic carbocycles. The monoisotopic (exact) mass is 461 g/mol. The molecule has 33 heavy (non-hydrogen) atoms. The fourth-order valence-corrected chi connectivity index (χ4v) is 4.47.